The lowest BCUT2D eigenvalue weighted by Gasteiger charge is -2.34. The fourth-order valence-corrected chi connectivity index (χ4v) is 5.93. The lowest BCUT2D eigenvalue weighted by atomic mass is 10.0. The molecule has 1 aliphatic carbocycles. The van der Waals surface area contributed by atoms with Gasteiger partial charge in [0.15, 0.2) is 5.82 Å². The first kappa shape index (κ1) is 22.7. The van der Waals surface area contributed by atoms with Gasteiger partial charge in [-0.05, 0) is 55.5 Å². The van der Waals surface area contributed by atoms with Crippen LogP contribution in [0.2, 0.25) is 0 Å². The summed E-state index contributed by atoms with van der Waals surface area (Å²) in [6, 6.07) is 22.9. The molecule has 2 aromatic heterocycles. The standard InChI is InChI=1S/C30H29N7O/c1-19-8-7-17-31-26(19)21-15-13-20(14-16-21)18-36-27(32-22-9-4-3-5-10-22)25-28(34-36)37-24-12-6-11-23(24)33-30(37)35(2)29(25)38/h3-5,7-10,13-17,23-24,32H,6,11-12,18H2,1-2H3/t23-,24+/m1/s1. The number of aromatic nitrogens is 3. The van der Waals surface area contributed by atoms with Crippen molar-refractivity contribution in [3.63, 3.8) is 0 Å². The van der Waals surface area contributed by atoms with Gasteiger partial charge in [0, 0.05) is 24.5 Å². The number of rotatable bonds is 5. The van der Waals surface area contributed by atoms with E-state index in [1.54, 1.807) is 4.90 Å². The van der Waals surface area contributed by atoms with Crippen LogP contribution in [0.4, 0.5) is 17.3 Å². The minimum atomic E-state index is -0.0828. The van der Waals surface area contributed by atoms with E-state index in [-0.39, 0.29) is 18.0 Å². The first-order chi connectivity index (χ1) is 18.6. The van der Waals surface area contributed by atoms with Crippen LogP contribution in [-0.4, -0.2) is 50.7 Å². The summed E-state index contributed by atoms with van der Waals surface area (Å²) in [7, 11) is 1.82. The Morgan fingerprint density at radius 3 is 2.61 bits per heavy atom. The Labute approximate surface area is 221 Å². The van der Waals surface area contributed by atoms with Gasteiger partial charge >= 0.3 is 0 Å². The molecule has 4 heterocycles. The van der Waals surface area contributed by atoms with Crippen molar-refractivity contribution in [3.05, 3.63) is 89.6 Å². The quantitative estimate of drug-likeness (QED) is 0.404. The highest BCUT2D eigenvalue weighted by molar-refractivity contribution is 6.21. The SMILES string of the molecule is Cc1cccnc1-c1ccc(Cn2nc3c(c2Nc2ccccc2)C(=O)N(C)C2=N[C@@H]4CCC[C@@H]4N23)cc1. The molecular weight excluding hydrogens is 474 g/mol. The second kappa shape index (κ2) is 8.83. The summed E-state index contributed by atoms with van der Waals surface area (Å²) in [4.78, 5) is 27.1. The number of anilines is 3. The van der Waals surface area contributed by atoms with Crippen molar-refractivity contribution in [1.29, 1.82) is 0 Å². The molecule has 2 aromatic carbocycles. The molecule has 38 heavy (non-hydrogen) atoms. The molecule has 1 amide bonds. The van der Waals surface area contributed by atoms with Gasteiger partial charge in [0.05, 0.1) is 24.3 Å². The number of para-hydroxylation sites is 1. The number of aliphatic imine (C=N–C) groups is 1. The molecule has 8 nitrogen and oxygen atoms in total. The highest BCUT2D eigenvalue weighted by Gasteiger charge is 2.49. The van der Waals surface area contributed by atoms with Crippen LogP contribution < -0.4 is 10.2 Å². The minimum absolute atomic E-state index is 0.0828. The summed E-state index contributed by atoms with van der Waals surface area (Å²) in [6.45, 7) is 2.60. The molecule has 0 spiro atoms. The molecule has 1 N–H and O–H groups in total. The molecule has 1 fully saturated rings. The van der Waals surface area contributed by atoms with Crippen LogP contribution in [0.3, 0.4) is 0 Å². The van der Waals surface area contributed by atoms with E-state index < -0.39 is 0 Å². The van der Waals surface area contributed by atoms with E-state index in [0.717, 1.165) is 53.3 Å². The summed E-state index contributed by atoms with van der Waals surface area (Å²) >= 11 is 0. The summed E-state index contributed by atoms with van der Waals surface area (Å²) in [5, 5.41) is 8.58. The van der Waals surface area contributed by atoms with Gasteiger partial charge in [-0.2, -0.15) is 5.10 Å². The third-order valence-electron chi connectivity index (χ3n) is 7.86. The average Bonchev–Trinajstić information content (AvgIpc) is 3.63. The smallest absolute Gasteiger partial charge is 0.267 e. The number of amides is 1. The Morgan fingerprint density at radius 1 is 1.00 bits per heavy atom. The molecule has 2 aliphatic heterocycles. The Morgan fingerprint density at radius 2 is 1.82 bits per heavy atom. The number of nitrogens with zero attached hydrogens (tertiary/aromatic N) is 6. The number of nitrogens with one attached hydrogen (secondary N) is 1. The molecule has 3 aliphatic rings. The number of pyridine rings is 1. The van der Waals surface area contributed by atoms with E-state index in [1.165, 1.54) is 0 Å². The van der Waals surface area contributed by atoms with Crippen molar-refractivity contribution in [3.8, 4) is 11.3 Å². The third kappa shape index (κ3) is 3.59. The van der Waals surface area contributed by atoms with Gasteiger partial charge in [-0.1, -0.05) is 48.5 Å². The summed E-state index contributed by atoms with van der Waals surface area (Å²) in [6.07, 6.45) is 5.08. The van der Waals surface area contributed by atoms with Gasteiger partial charge in [-0.15, -0.1) is 0 Å². The van der Waals surface area contributed by atoms with Gasteiger partial charge < -0.3 is 5.32 Å². The van der Waals surface area contributed by atoms with Gasteiger partial charge in [0.25, 0.3) is 5.91 Å². The Kier molecular flexibility index (Phi) is 5.28. The van der Waals surface area contributed by atoms with E-state index in [0.29, 0.717) is 23.7 Å². The first-order valence-electron chi connectivity index (χ1n) is 13.2. The number of hydrogen-bond acceptors (Lipinski definition) is 6. The van der Waals surface area contributed by atoms with Gasteiger partial charge in [0.1, 0.15) is 11.4 Å². The van der Waals surface area contributed by atoms with Crippen LogP contribution in [0.1, 0.15) is 40.7 Å². The van der Waals surface area contributed by atoms with Crippen LogP contribution in [-0.2, 0) is 6.54 Å². The van der Waals surface area contributed by atoms with Crippen LogP contribution in [0, 0.1) is 6.92 Å². The molecule has 0 unspecified atom stereocenters. The Balaban J connectivity index is 1.30. The number of benzene rings is 2. The number of carbonyl (C=O) groups excluding carboxylic acids is 1. The summed E-state index contributed by atoms with van der Waals surface area (Å²) in [5.41, 5.74) is 5.81. The lowest BCUT2D eigenvalue weighted by molar-refractivity contribution is 0.0866. The molecule has 1 saturated carbocycles. The number of aryl methyl sites for hydroxylation is 1. The van der Waals surface area contributed by atoms with Crippen molar-refractivity contribution in [1.82, 2.24) is 19.7 Å². The van der Waals surface area contributed by atoms with E-state index in [4.69, 9.17) is 10.1 Å². The predicted octanol–water partition coefficient (Wildman–Crippen LogP) is 5.23. The van der Waals surface area contributed by atoms with E-state index >= 15 is 0 Å². The molecule has 4 aromatic rings. The number of fused-ring (bicyclic) bond motifs is 5. The van der Waals surface area contributed by atoms with Crippen molar-refractivity contribution in [2.24, 2.45) is 4.99 Å². The molecule has 190 valence electrons. The Hall–Kier alpha value is -4.46. The number of carbonyl (C=O) groups is 1. The first-order valence-corrected chi connectivity index (χ1v) is 13.2. The fourth-order valence-electron chi connectivity index (χ4n) is 5.93. The number of guanidine groups is 1. The van der Waals surface area contributed by atoms with Crippen LogP contribution in [0.15, 0.2) is 77.9 Å². The Bertz CT molecular complexity index is 1560. The molecule has 8 heteroatoms. The zero-order valence-corrected chi connectivity index (χ0v) is 21.5. The molecule has 2 atom stereocenters. The lowest BCUT2D eigenvalue weighted by Crippen LogP contribution is -2.51. The molecular formula is C30H29N7O. The summed E-state index contributed by atoms with van der Waals surface area (Å²) in [5.74, 6) is 2.05. The zero-order valence-electron chi connectivity index (χ0n) is 21.5. The molecule has 0 radical (unpaired) electrons. The molecule has 0 saturated heterocycles. The van der Waals surface area contributed by atoms with Gasteiger partial charge in [-0.3, -0.25) is 19.6 Å². The highest BCUT2D eigenvalue weighted by Crippen LogP contribution is 2.43. The zero-order chi connectivity index (χ0) is 25.8. The average molecular weight is 504 g/mol. The van der Waals surface area contributed by atoms with E-state index in [9.17, 15) is 4.79 Å². The molecule has 7 rings (SSSR count). The van der Waals surface area contributed by atoms with Gasteiger partial charge in [0.2, 0.25) is 5.96 Å². The second-order valence-electron chi connectivity index (χ2n) is 10.3. The van der Waals surface area contributed by atoms with Crippen LogP contribution in [0.25, 0.3) is 11.3 Å². The number of hydrogen-bond donors (Lipinski definition) is 1. The maximum absolute atomic E-state index is 13.7. The van der Waals surface area contributed by atoms with Crippen molar-refractivity contribution < 1.29 is 4.79 Å². The van der Waals surface area contributed by atoms with Crippen LogP contribution >= 0.6 is 0 Å². The topological polar surface area (TPSA) is 78.6 Å². The second-order valence-corrected chi connectivity index (χ2v) is 10.3. The molecule has 0 bridgehead atoms. The van der Waals surface area contributed by atoms with E-state index in [1.807, 2.05) is 54.3 Å². The van der Waals surface area contributed by atoms with Crippen molar-refractivity contribution >= 4 is 29.2 Å². The van der Waals surface area contributed by atoms with Crippen LogP contribution in [0.5, 0.6) is 0 Å². The third-order valence-corrected chi connectivity index (χ3v) is 7.86. The maximum Gasteiger partial charge on any atom is 0.267 e. The fraction of sp³-hybridized carbons (Fsp3) is 0.267. The van der Waals surface area contributed by atoms with E-state index in [2.05, 4.69) is 52.5 Å². The minimum Gasteiger partial charge on any atom is -0.340 e. The summed E-state index contributed by atoms with van der Waals surface area (Å²) < 4.78 is 1.93. The van der Waals surface area contributed by atoms with Gasteiger partial charge in [-0.25, -0.2) is 9.67 Å². The normalized spacial score (nSPS) is 19.7. The largest absolute Gasteiger partial charge is 0.340 e. The predicted molar refractivity (Wildman–Crippen MR) is 149 cm³/mol. The monoisotopic (exact) mass is 503 g/mol. The van der Waals surface area contributed by atoms with Crippen molar-refractivity contribution in [2.45, 2.75) is 44.8 Å². The van der Waals surface area contributed by atoms with Crippen molar-refractivity contribution in [2.75, 3.05) is 17.3 Å². The highest BCUT2D eigenvalue weighted by atomic mass is 16.2. The maximum atomic E-state index is 13.7.